The Kier molecular flexibility index (Phi) is 3.20. The van der Waals surface area contributed by atoms with Crippen LogP contribution in [0.4, 0.5) is 0 Å². The van der Waals surface area contributed by atoms with Crippen molar-refractivity contribution in [3.8, 4) is 0 Å². The third-order valence-electron chi connectivity index (χ3n) is 3.34. The zero-order valence-electron chi connectivity index (χ0n) is 10.3. The van der Waals surface area contributed by atoms with Crippen molar-refractivity contribution in [3.63, 3.8) is 0 Å². The van der Waals surface area contributed by atoms with Gasteiger partial charge < -0.3 is 15.4 Å². The summed E-state index contributed by atoms with van der Waals surface area (Å²) in [4.78, 5) is 19.1. The average molecular weight is 277 g/mol. The van der Waals surface area contributed by atoms with Gasteiger partial charge in [-0.05, 0) is 30.4 Å². The van der Waals surface area contributed by atoms with Crippen LogP contribution in [-0.2, 0) is 0 Å². The van der Waals surface area contributed by atoms with Crippen molar-refractivity contribution >= 4 is 28.7 Å². The highest BCUT2D eigenvalue weighted by atomic mass is 32.2. The molecule has 1 saturated heterocycles. The third kappa shape index (κ3) is 2.59. The second-order valence-corrected chi connectivity index (χ2v) is 5.95. The molecule has 0 aliphatic carbocycles. The molecule has 3 N–H and O–H groups in total. The van der Waals surface area contributed by atoms with E-state index in [9.17, 15) is 9.90 Å². The molecule has 6 heteroatoms. The van der Waals surface area contributed by atoms with Crippen LogP contribution in [-0.4, -0.2) is 44.6 Å². The standard InChI is InChI=1S/C13H15N3O2S/c17-12(14-6-13(18)3-4-19-7-13)9-1-2-10-11(5-9)16-8-15-10/h1-2,5,8,18H,3-4,6-7H2,(H,14,17)(H,15,16). The largest absolute Gasteiger partial charge is 0.387 e. The monoisotopic (exact) mass is 277 g/mol. The van der Waals surface area contributed by atoms with Gasteiger partial charge in [-0.1, -0.05) is 0 Å². The zero-order chi connectivity index (χ0) is 13.3. The lowest BCUT2D eigenvalue weighted by atomic mass is 10.0. The van der Waals surface area contributed by atoms with Crippen LogP contribution in [0.15, 0.2) is 24.5 Å². The predicted octanol–water partition coefficient (Wildman–Crippen LogP) is 1.16. The highest BCUT2D eigenvalue weighted by molar-refractivity contribution is 7.99. The molecule has 1 aliphatic heterocycles. The van der Waals surface area contributed by atoms with Crippen LogP contribution in [0.25, 0.3) is 11.0 Å². The maximum atomic E-state index is 12.0. The number of rotatable bonds is 3. The van der Waals surface area contributed by atoms with Gasteiger partial charge in [0.15, 0.2) is 0 Å². The van der Waals surface area contributed by atoms with Crippen molar-refractivity contribution in [1.82, 2.24) is 15.3 Å². The number of imidazole rings is 1. The number of aromatic amines is 1. The fourth-order valence-corrected chi connectivity index (χ4v) is 3.45. The Morgan fingerprint density at radius 2 is 2.47 bits per heavy atom. The smallest absolute Gasteiger partial charge is 0.251 e. The number of nitrogens with one attached hydrogen (secondary N) is 2. The summed E-state index contributed by atoms with van der Waals surface area (Å²) in [6.45, 7) is 0.305. The molecule has 1 atom stereocenters. The maximum Gasteiger partial charge on any atom is 0.251 e. The molecule has 1 unspecified atom stereocenters. The van der Waals surface area contributed by atoms with E-state index in [2.05, 4.69) is 15.3 Å². The highest BCUT2D eigenvalue weighted by Crippen LogP contribution is 2.27. The first kappa shape index (κ1) is 12.5. The van der Waals surface area contributed by atoms with E-state index in [4.69, 9.17) is 0 Å². The number of amides is 1. The van der Waals surface area contributed by atoms with Crippen molar-refractivity contribution in [1.29, 1.82) is 0 Å². The highest BCUT2D eigenvalue weighted by Gasteiger charge is 2.32. The lowest BCUT2D eigenvalue weighted by molar-refractivity contribution is 0.0612. The van der Waals surface area contributed by atoms with Crippen molar-refractivity contribution in [2.45, 2.75) is 12.0 Å². The van der Waals surface area contributed by atoms with Crippen LogP contribution in [0.2, 0.25) is 0 Å². The molecular formula is C13H15N3O2S. The summed E-state index contributed by atoms with van der Waals surface area (Å²) < 4.78 is 0. The van der Waals surface area contributed by atoms with Crippen LogP contribution in [0.5, 0.6) is 0 Å². The molecule has 2 aromatic rings. The van der Waals surface area contributed by atoms with E-state index >= 15 is 0 Å². The molecule has 2 heterocycles. The second kappa shape index (κ2) is 4.86. The van der Waals surface area contributed by atoms with Gasteiger partial charge in [0.05, 0.1) is 23.0 Å². The van der Waals surface area contributed by atoms with E-state index in [1.54, 1.807) is 36.3 Å². The van der Waals surface area contributed by atoms with Gasteiger partial charge in [0, 0.05) is 17.9 Å². The minimum absolute atomic E-state index is 0.165. The number of aliphatic hydroxyl groups is 1. The van der Waals surface area contributed by atoms with Gasteiger partial charge in [-0.25, -0.2) is 4.98 Å². The van der Waals surface area contributed by atoms with Crippen LogP contribution < -0.4 is 5.32 Å². The molecule has 5 nitrogen and oxygen atoms in total. The predicted molar refractivity (Wildman–Crippen MR) is 75.3 cm³/mol. The molecular weight excluding hydrogens is 262 g/mol. The van der Waals surface area contributed by atoms with Crippen LogP contribution in [0, 0.1) is 0 Å². The number of nitrogens with zero attached hydrogens (tertiary/aromatic N) is 1. The van der Waals surface area contributed by atoms with Gasteiger partial charge in [-0.3, -0.25) is 4.79 Å². The minimum Gasteiger partial charge on any atom is -0.387 e. The van der Waals surface area contributed by atoms with Gasteiger partial charge in [-0.2, -0.15) is 11.8 Å². The summed E-state index contributed by atoms with van der Waals surface area (Å²) in [6, 6.07) is 5.32. The van der Waals surface area contributed by atoms with Crippen molar-refractivity contribution in [2.75, 3.05) is 18.1 Å². The number of hydrogen-bond donors (Lipinski definition) is 3. The Morgan fingerprint density at radius 3 is 3.26 bits per heavy atom. The summed E-state index contributed by atoms with van der Waals surface area (Å²) in [6.07, 6.45) is 2.34. The molecule has 19 heavy (non-hydrogen) atoms. The Hall–Kier alpha value is -1.53. The number of fused-ring (bicyclic) bond motifs is 1. The SMILES string of the molecule is O=C(NCC1(O)CCSC1)c1ccc2nc[nH]c2c1. The van der Waals surface area contributed by atoms with E-state index in [0.29, 0.717) is 17.9 Å². The molecule has 0 radical (unpaired) electrons. The van der Waals surface area contributed by atoms with Gasteiger partial charge in [0.2, 0.25) is 0 Å². The topological polar surface area (TPSA) is 78.0 Å². The Labute approximate surface area is 114 Å². The summed E-state index contributed by atoms with van der Waals surface area (Å²) in [5, 5.41) is 13.0. The van der Waals surface area contributed by atoms with Crippen molar-refractivity contribution < 1.29 is 9.90 Å². The Bertz CT molecular complexity index is 605. The minimum atomic E-state index is -0.752. The van der Waals surface area contributed by atoms with Crippen LogP contribution in [0.1, 0.15) is 16.8 Å². The molecule has 1 fully saturated rings. The second-order valence-electron chi connectivity index (χ2n) is 4.84. The lowest BCUT2D eigenvalue weighted by Gasteiger charge is -2.21. The molecule has 0 saturated carbocycles. The maximum absolute atomic E-state index is 12.0. The summed E-state index contributed by atoms with van der Waals surface area (Å²) >= 11 is 1.72. The van der Waals surface area contributed by atoms with E-state index in [1.807, 2.05) is 0 Å². The number of benzene rings is 1. The molecule has 1 aromatic heterocycles. The first-order valence-electron chi connectivity index (χ1n) is 6.18. The number of carbonyl (C=O) groups is 1. The number of hydrogen-bond acceptors (Lipinski definition) is 4. The average Bonchev–Trinajstić information content (AvgIpc) is 3.04. The molecule has 1 aromatic carbocycles. The van der Waals surface area contributed by atoms with Crippen LogP contribution in [0.3, 0.4) is 0 Å². The number of thioether (sulfide) groups is 1. The molecule has 1 amide bonds. The van der Waals surface area contributed by atoms with Gasteiger partial charge in [0.1, 0.15) is 0 Å². The molecule has 0 spiro atoms. The van der Waals surface area contributed by atoms with Gasteiger partial charge in [-0.15, -0.1) is 0 Å². The van der Waals surface area contributed by atoms with E-state index in [1.165, 1.54) is 0 Å². The Balaban J connectivity index is 1.69. The van der Waals surface area contributed by atoms with Gasteiger partial charge >= 0.3 is 0 Å². The van der Waals surface area contributed by atoms with E-state index in [0.717, 1.165) is 23.2 Å². The third-order valence-corrected chi connectivity index (χ3v) is 4.58. The molecule has 3 rings (SSSR count). The Morgan fingerprint density at radius 1 is 1.58 bits per heavy atom. The number of carbonyl (C=O) groups excluding carboxylic acids is 1. The fraction of sp³-hybridized carbons (Fsp3) is 0.385. The van der Waals surface area contributed by atoms with Gasteiger partial charge in [0.25, 0.3) is 5.91 Å². The van der Waals surface area contributed by atoms with Crippen LogP contribution >= 0.6 is 11.8 Å². The lowest BCUT2D eigenvalue weighted by Crippen LogP contribution is -2.42. The molecule has 1 aliphatic rings. The quantitative estimate of drug-likeness (QED) is 0.786. The summed E-state index contributed by atoms with van der Waals surface area (Å²) in [5.41, 5.74) is 1.49. The number of H-pyrrole nitrogens is 1. The van der Waals surface area contributed by atoms with E-state index < -0.39 is 5.60 Å². The zero-order valence-corrected chi connectivity index (χ0v) is 11.2. The first-order chi connectivity index (χ1) is 9.16. The first-order valence-corrected chi connectivity index (χ1v) is 7.33. The summed E-state index contributed by atoms with van der Waals surface area (Å²) in [5.74, 6) is 1.47. The normalized spacial score (nSPS) is 22.8. The summed E-state index contributed by atoms with van der Waals surface area (Å²) in [7, 11) is 0. The fourth-order valence-electron chi connectivity index (χ4n) is 2.16. The molecule has 0 bridgehead atoms. The van der Waals surface area contributed by atoms with E-state index in [-0.39, 0.29) is 5.91 Å². The van der Waals surface area contributed by atoms with Crippen molar-refractivity contribution in [2.24, 2.45) is 0 Å². The van der Waals surface area contributed by atoms with Crippen molar-refractivity contribution in [3.05, 3.63) is 30.1 Å². The molecule has 100 valence electrons. The number of aromatic nitrogens is 2.